The van der Waals surface area contributed by atoms with Crippen molar-refractivity contribution < 1.29 is 73.4 Å². The summed E-state index contributed by atoms with van der Waals surface area (Å²) < 4.78 is 8.25. The maximum atomic E-state index is 8.25. The van der Waals surface area contributed by atoms with E-state index in [0.29, 0.717) is 0 Å². The Morgan fingerprint density at radius 3 is 1.60 bits per heavy atom. The third kappa shape index (κ3) is 31.2. The van der Waals surface area contributed by atoms with Gasteiger partial charge in [0.1, 0.15) is 0 Å². The van der Waals surface area contributed by atoms with Crippen LogP contribution in [0.3, 0.4) is 0 Å². The van der Waals surface area contributed by atoms with E-state index in [4.69, 9.17) is 9.73 Å². The second kappa shape index (κ2) is 18.0. The zero-order valence-corrected chi connectivity index (χ0v) is 7.81. The van der Waals surface area contributed by atoms with E-state index >= 15 is 0 Å². The van der Waals surface area contributed by atoms with E-state index in [2.05, 4.69) is 0 Å². The fourth-order valence-corrected chi connectivity index (χ4v) is 0. The van der Waals surface area contributed by atoms with Gasteiger partial charge in [-0.25, -0.2) is 0 Å². The Morgan fingerprint density at radius 1 is 1.60 bits per heavy atom. The minimum atomic E-state index is -0.500. The second-order valence-corrected chi connectivity index (χ2v) is 0.0962. The van der Waals surface area contributed by atoms with Crippen LogP contribution < -0.4 is 63.2 Å². The molecule has 0 aromatic heterocycles. The predicted molar refractivity (Wildman–Crippen MR) is 10.1 cm³/mol. The van der Waals surface area contributed by atoms with Crippen LogP contribution in [-0.4, -0.2) is 12.8 Å². The van der Waals surface area contributed by atoms with Crippen molar-refractivity contribution in [2.45, 2.75) is 0 Å². The molecule has 0 saturated heterocycles. The molecule has 0 atom stereocenters. The summed E-state index contributed by atoms with van der Waals surface area (Å²) >= 11 is 0. The van der Waals surface area contributed by atoms with Crippen LogP contribution >= 0.6 is 0 Å². The first-order valence-electron chi connectivity index (χ1n) is 0.471. The normalized spacial score (nSPS) is 1.60. The predicted octanol–water partition coefficient (Wildman–Crippen LogP) is -5.51. The molecule has 0 saturated carbocycles. The van der Waals surface area contributed by atoms with E-state index in [1.54, 1.807) is 0 Å². The Kier molecular flexibility index (Phi) is 58.2. The average Bonchev–Trinajstić information content (AvgIpc) is 0.918. The summed E-state index contributed by atoms with van der Waals surface area (Å²) in [5.41, 5.74) is 0. The Morgan fingerprint density at radius 2 is 1.60 bits per heavy atom. The molecule has 5 heteroatoms. The van der Waals surface area contributed by atoms with Gasteiger partial charge in [-0.1, -0.05) is 0 Å². The third-order valence-corrected chi connectivity index (χ3v) is 0. The number of hydrogen-bond acceptors (Lipinski definition) is 2. The van der Waals surface area contributed by atoms with Crippen LogP contribution in [0.4, 0.5) is 0 Å². The first kappa shape index (κ1) is 16.1. The van der Waals surface area contributed by atoms with E-state index in [9.17, 15) is 0 Å². The Balaban J connectivity index is -0.0000000200. The van der Waals surface area contributed by atoms with Gasteiger partial charge in [-0.15, -0.1) is 0 Å². The maximum Gasteiger partial charge on any atom is 1.00 e. The van der Waals surface area contributed by atoms with Gasteiger partial charge in [-0.2, -0.15) is 0 Å². The van der Waals surface area contributed by atoms with Crippen molar-refractivity contribution in [1.82, 2.24) is 0 Å². The van der Waals surface area contributed by atoms with Crippen LogP contribution in [0.15, 0.2) is 0 Å². The van der Waals surface area contributed by atoms with Gasteiger partial charge in [0.2, 0.25) is 0 Å². The minimum absolute atomic E-state index is 0. The van der Waals surface area contributed by atoms with Gasteiger partial charge in [0, 0.05) is 0 Å². The van der Waals surface area contributed by atoms with Gasteiger partial charge >= 0.3 is 75.3 Å². The molecule has 0 aliphatic heterocycles. The zero-order chi connectivity index (χ0) is 2.71. The van der Waals surface area contributed by atoms with E-state index in [1.807, 2.05) is 0 Å². The van der Waals surface area contributed by atoms with Gasteiger partial charge in [0.05, 0.1) is 0 Å². The Hall–Kier alpha value is 1.43. The molecule has 5 heavy (non-hydrogen) atoms. The van der Waals surface area contributed by atoms with E-state index in [-0.39, 0.29) is 63.7 Å². The molecule has 0 fully saturated rings. The van der Waals surface area contributed by atoms with Crippen LogP contribution in [0.5, 0.6) is 0 Å². The van der Waals surface area contributed by atoms with E-state index < -0.39 is 7.35 Å². The quantitative estimate of drug-likeness (QED) is 0.320. The van der Waals surface area contributed by atoms with Gasteiger partial charge in [0.25, 0.3) is 0 Å². The van der Waals surface area contributed by atoms with Gasteiger partial charge in [-0.3, -0.25) is 0 Å². The molecule has 0 aromatic rings. The molecule has 0 spiro atoms. The molecule has 0 bridgehead atoms. The molecule has 2 N–H and O–H groups in total. The molecule has 0 heterocycles. The van der Waals surface area contributed by atoms with E-state index in [0.717, 1.165) is 0 Å². The first-order chi connectivity index (χ1) is 1.41. The minimum Gasteiger partial charge on any atom is 1.00 e. The summed E-state index contributed by atoms with van der Waals surface area (Å²) in [6.07, 6.45) is 0. The summed E-state index contributed by atoms with van der Waals surface area (Å²) in [6.45, 7) is 0. The zero-order valence-electron chi connectivity index (χ0n) is 2.89. The molecule has 0 aliphatic rings. The van der Waals surface area contributed by atoms with Crippen molar-refractivity contribution in [3.63, 3.8) is 0 Å². The Bertz CT molecular complexity index is 14.4. The van der Waals surface area contributed by atoms with Crippen molar-refractivity contribution in [2.75, 3.05) is 0 Å². The van der Waals surface area contributed by atoms with Crippen molar-refractivity contribution >= 4 is 7.35 Å². The smallest absolute Gasteiger partial charge is 1.00 e. The molecule has 3 nitrogen and oxygen atoms in total. The summed E-state index contributed by atoms with van der Waals surface area (Å²) in [5.74, 6) is 0. The molecule has 0 unspecified atom stereocenters. The fraction of sp³-hybridized carbons (Fsp3) is 0. The third-order valence-electron chi connectivity index (χ3n) is 0. The van der Waals surface area contributed by atoms with Crippen LogP contribution in [0.1, 0.15) is 0 Å². The van der Waals surface area contributed by atoms with Crippen molar-refractivity contribution in [3.05, 3.63) is 0 Å². The first-order valence-corrected chi connectivity index (χ1v) is 0.471. The van der Waals surface area contributed by atoms with Crippen molar-refractivity contribution in [2.24, 2.45) is 0 Å². The molecule has 0 radical (unpaired) electrons. The number of hydrogen-bond donors (Lipinski definition) is 0. The molecular weight excluding hydrogens is 144 g/mol. The molecule has 0 aromatic carbocycles. The number of rotatable bonds is 0. The van der Waals surface area contributed by atoms with Crippen LogP contribution in [0.2, 0.25) is 0 Å². The molecule has 0 rings (SSSR count). The standard InChI is InChI=1S/BO2.H2O.Rb/c2-1-3;;/h;1H2;/q-1;;+1. The largest absolute Gasteiger partial charge is 1.00 e. The SMILES string of the molecule is O.O=B[O-].[Rb+]. The average molecular weight is 146 g/mol. The van der Waals surface area contributed by atoms with Crippen molar-refractivity contribution in [3.8, 4) is 0 Å². The second-order valence-electron chi connectivity index (χ2n) is 0.0962. The van der Waals surface area contributed by atoms with Crippen molar-refractivity contribution in [1.29, 1.82) is 0 Å². The van der Waals surface area contributed by atoms with Gasteiger partial charge < -0.3 is 5.48 Å². The Labute approximate surface area is 79.1 Å². The summed E-state index contributed by atoms with van der Waals surface area (Å²) in [7, 11) is -0.500. The van der Waals surface area contributed by atoms with E-state index in [1.165, 1.54) is 0 Å². The monoisotopic (exact) mass is 146 g/mol. The van der Waals surface area contributed by atoms with Gasteiger partial charge in [0.15, 0.2) is 0 Å². The molecule has 0 aliphatic carbocycles. The topological polar surface area (TPSA) is 71.6 Å². The molecular formula is H2BO3Rb. The fourth-order valence-electron chi connectivity index (χ4n) is 0. The molecule has 24 valence electrons. The molecule has 0 amide bonds. The van der Waals surface area contributed by atoms with Crippen LogP contribution in [0, 0.1) is 0 Å². The summed E-state index contributed by atoms with van der Waals surface area (Å²) in [4.78, 5) is 0. The summed E-state index contributed by atoms with van der Waals surface area (Å²) in [6, 6.07) is 0. The maximum absolute atomic E-state index is 8.25. The van der Waals surface area contributed by atoms with Crippen LogP contribution in [0.25, 0.3) is 0 Å². The van der Waals surface area contributed by atoms with Gasteiger partial charge in [-0.05, 0) is 0 Å². The summed E-state index contributed by atoms with van der Waals surface area (Å²) in [5, 5.41) is 8.25. The van der Waals surface area contributed by atoms with Crippen LogP contribution in [-0.2, 0) is 4.70 Å².